The predicted octanol–water partition coefficient (Wildman–Crippen LogP) is 3.03. The van der Waals surface area contributed by atoms with Gasteiger partial charge < -0.3 is 19.9 Å². The molecule has 2 N–H and O–H groups in total. The van der Waals surface area contributed by atoms with Gasteiger partial charge in [0.1, 0.15) is 5.76 Å². The SMILES string of the molecule is Cc1cc(NC(=O)COC(=O)C[C@H](NC(=O)c2ccccc2)c2ccccc2)no1. The lowest BCUT2D eigenvalue weighted by atomic mass is 10.0. The third kappa shape index (κ3) is 6.03. The number of nitrogens with one attached hydrogen (secondary N) is 2. The van der Waals surface area contributed by atoms with E-state index in [9.17, 15) is 14.4 Å². The quantitative estimate of drug-likeness (QED) is 0.556. The molecule has 0 unspecified atom stereocenters. The molecule has 0 aliphatic heterocycles. The van der Waals surface area contributed by atoms with Crippen LogP contribution < -0.4 is 10.6 Å². The van der Waals surface area contributed by atoms with Gasteiger partial charge in [-0.25, -0.2) is 0 Å². The van der Waals surface area contributed by atoms with Crippen LogP contribution in [0.5, 0.6) is 0 Å². The van der Waals surface area contributed by atoms with Crippen molar-refractivity contribution in [1.82, 2.24) is 10.5 Å². The zero-order valence-electron chi connectivity index (χ0n) is 16.3. The second kappa shape index (κ2) is 10.0. The summed E-state index contributed by atoms with van der Waals surface area (Å²) in [6.45, 7) is 1.22. The van der Waals surface area contributed by atoms with E-state index < -0.39 is 24.5 Å². The molecule has 0 fully saturated rings. The van der Waals surface area contributed by atoms with E-state index in [0.717, 1.165) is 5.56 Å². The zero-order valence-corrected chi connectivity index (χ0v) is 16.3. The second-order valence-electron chi connectivity index (χ2n) is 6.54. The van der Waals surface area contributed by atoms with Gasteiger partial charge in [0.25, 0.3) is 11.8 Å². The summed E-state index contributed by atoms with van der Waals surface area (Å²) in [5.41, 5.74) is 1.23. The number of esters is 1. The van der Waals surface area contributed by atoms with Crippen molar-refractivity contribution >= 4 is 23.6 Å². The number of hydrogen-bond donors (Lipinski definition) is 2. The Kier molecular flexibility index (Phi) is 6.94. The lowest BCUT2D eigenvalue weighted by Crippen LogP contribution is -2.31. The third-order valence-corrected chi connectivity index (χ3v) is 4.17. The number of nitrogens with zero attached hydrogens (tertiary/aromatic N) is 1. The fourth-order valence-corrected chi connectivity index (χ4v) is 2.74. The van der Waals surface area contributed by atoms with E-state index in [1.807, 2.05) is 36.4 Å². The number of benzene rings is 2. The van der Waals surface area contributed by atoms with Crippen molar-refractivity contribution in [3.8, 4) is 0 Å². The molecule has 0 aliphatic carbocycles. The van der Waals surface area contributed by atoms with Crippen LogP contribution in [-0.4, -0.2) is 29.5 Å². The largest absolute Gasteiger partial charge is 0.455 e. The van der Waals surface area contributed by atoms with E-state index in [-0.39, 0.29) is 18.1 Å². The Morgan fingerprint density at radius 2 is 1.70 bits per heavy atom. The maximum absolute atomic E-state index is 12.5. The number of carbonyl (C=O) groups excluding carboxylic acids is 3. The van der Waals surface area contributed by atoms with E-state index in [2.05, 4.69) is 15.8 Å². The number of hydrogen-bond acceptors (Lipinski definition) is 6. The molecule has 0 spiro atoms. The first-order valence-corrected chi connectivity index (χ1v) is 9.31. The Morgan fingerprint density at radius 3 is 2.33 bits per heavy atom. The molecule has 0 bridgehead atoms. The summed E-state index contributed by atoms with van der Waals surface area (Å²) < 4.78 is 9.91. The number of rotatable bonds is 8. The Labute approximate surface area is 173 Å². The third-order valence-electron chi connectivity index (χ3n) is 4.17. The summed E-state index contributed by atoms with van der Waals surface area (Å²) in [6, 6.07) is 18.7. The first kappa shape index (κ1) is 20.8. The van der Waals surface area contributed by atoms with Crippen molar-refractivity contribution < 1.29 is 23.6 Å². The monoisotopic (exact) mass is 407 g/mol. The molecule has 1 aromatic heterocycles. The Morgan fingerprint density at radius 1 is 1.03 bits per heavy atom. The lowest BCUT2D eigenvalue weighted by Gasteiger charge is -2.18. The van der Waals surface area contributed by atoms with Crippen LogP contribution in [0.15, 0.2) is 71.3 Å². The molecule has 3 aromatic rings. The molecule has 2 amide bonds. The van der Waals surface area contributed by atoms with Gasteiger partial charge in [0, 0.05) is 11.6 Å². The highest BCUT2D eigenvalue weighted by Crippen LogP contribution is 2.18. The van der Waals surface area contributed by atoms with E-state index in [1.54, 1.807) is 37.3 Å². The maximum Gasteiger partial charge on any atom is 0.308 e. The first-order chi connectivity index (χ1) is 14.5. The van der Waals surface area contributed by atoms with Gasteiger partial charge in [-0.3, -0.25) is 14.4 Å². The van der Waals surface area contributed by atoms with Crippen LogP contribution in [0.1, 0.15) is 34.1 Å². The van der Waals surface area contributed by atoms with E-state index in [4.69, 9.17) is 9.26 Å². The highest BCUT2D eigenvalue weighted by molar-refractivity contribution is 5.95. The van der Waals surface area contributed by atoms with Crippen molar-refractivity contribution in [3.05, 3.63) is 83.6 Å². The number of carbonyl (C=O) groups is 3. The Balaban J connectivity index is 1.59. The number of amides is 2. The van der Waals surface area contributed by atoms with E-state index >= 15 is 0 Å². The van der Waals surface area contributed by atoms with E-state index in [0.29, 0.717) is 11.3 Å². The molecule has 30 heavy (non-hydrogen) atoms. The van der Waals surface area contributed by atoms with Crippen molar-refractivity contribution in [2.45, 2.75) is 19.4 Å². The standard InChI is InChI=1S/C22H21N3O5/c1-15-12-19(25-30-15)24-20(26)14-29-21(27)13-18(16-8-4-2-5-9-16)23-22(28)17-10-6-3-7-11-17/h2-12,18H,13-14H2,1H3,(H,23,28)(H,24,25,26)/t18-/m0/s1. The minimum atomic E-state index is -0.622. The summed E-state index contributed by atoms with van der Waals surface area (Å²) in [5.74, 6) is -0.686. The van der Waals surface area contributed by atoms with Crippen molar-refractivity contribution in [2.75, 3.05) is 11.9 Å². The lowest BCUT2D eigenvalue weighted by molar-refractivity contribution is -0.147. The van der Waals surface area contributed by atoms with Crippen molar-refractivity contribution in [3.63, 3.8) is 0 Å². The van der Waals surface area contributed by atoms with Gasteiger partial charge >= 0.3 is 5.97 Å². The van der Waals surface area contributed by atoms with Gasteiger partial charge in [-0.05, 0) is 24.6 Å². The smallest absolute Gasteiger partial charge is 0.308 e. The van der Waals surface area contributed by atoms with Crippen LogP contribution in [-0.2, 0) is 14.3 Å². The molecule has 3 rings (SSSR count). The molecule has 154 valence electrons. The molecule has 1 atom stereocenters. The van der Waals surface area contributed by atoms with Gasteiger partial charge in [0.15, 0.2) is 12.4 Å². The van der Waals surface area contributed by atoms with Crippen molar-refractivity contribution in [2.24, 2.45) is 0 Å². The Hall–Kier alpha value is -3.94. The predicted molar refractivity (Wildman–Crippen MR) is 109 cm³/mol. The van der Waals surface area contributed by atoms with Gasteiger partial charge in [0.2, 0.25) is 0 Å². The first-order valence-electron chi connectivity index (χ1n) is 9.31. The second-order valence-corrected chi connectivity index (χ2v) is 6.54. The zero-order chi connectivity index (χ0) is 21.3. The minimum absolute atomic E-state index is 0.126. The molecular formula is C22H21N3O5. The van der Waals surface area contributed by atoms with Crippen LogP contribution >= 0.6 is 0 Å². The molecule has 1 heterocycles. The summed E-state index contributed by atoms with van der Waals surface area (Å²) in [4.78, 5) is 36.8. The maximum atomic E-state index is 12.5. The average molecular weight is 407 g/mol. The number of ether oxygens (including phenoxy) is 1. The normalized spacial score (nSPS) is 11.4. The highest BCUT2D eigenvalue weighted by Gasteiger charge is 2.21. The minimum Gasteiger partial charge on any atom is -0.455 e. The molecule has 0 saturated heterocycles. The van der Waals surface area contributed by atoms with Crippen LogP contribution in [0.25, 0.3) is 0 Å². The average Bonchev–Trinajstić information content (AvgIpc) is 3.17. The van der Waals surface area contributed by atoms with Gasteiger partial charge in [0.05, 0.1) is 12.5 Å². The van der Waals surface area contributed by atoms with Crippen LogP contribution in [0.4, 0.5) is 5.82 Å². The molecule has 0 aliphatic rings. The van der Waals surface area contributed by atoms with Crippen LogP contribution in [0.3, 0.4) is 0 Å². The van der Waals surface area contributed by atoms with Crippen molar-refractivity contribution in [1.29, 1.82) is 0 Å². The number of aromatic nitrogens is 1. The van der Waals surface area contributed by atoms with E-state index in [1.165, 1.54) is 0 Å². The summed E-state index contributed by atoms with van der Waals surface area (Å²) in [6.07, 6.45) is -0.126. The molecule has 0 saturated carbocycles. The summed E-state index contributed by atoms with van der Waals surface area (Å²) >= 11 is 0. The summed E-state index contributed by atoms with van der Waals surface area (Å²) in [5, 5.41) is 8.95. The molecule has 8 nitrogen and oxygen atoms in total. The Bertz CT molecular complexity index is 1000. The fourth-order valence-electron chi connectivity index (χ4n) is 2.74. The van der Waals surface area contributed by atoms with Crippen LogP contribution in [0, 0.1) is 6.92 Å². The molecular weight excluding hydrogens is 386 g/mol. The molecule has 2 aromatic carbocycles. The molecule has 0 radical (unpaired) electrons. The number of aryl methyl sites for hydroxylation is 1. The topological polar surface area (TPSA) is 111 Å². The van der Waals surface area contributed by atoms with Crippen LogP contribution in [0.2, 0.25) is 0 Å². The van der Waals surface area contributed by atoms with Gasteiger partial charge in [-0.2, -0.15) is 0 Å². The fraction of sp³-hybridized carbons (Fsp3) is 0.182. The molecule has 8 heteroatoms. The van der Waals surface area contributed by atoms with Gasteiger partial charge in [-0.1, -0.05) is 53.7 Å². The number of anilines is 1. The summed E-state index contributed by atoms with van der Waals surface area (Å²) in [7, 11) is 0. The van der Waals surface area contributed by atoms with Gasteiger partial charge in [-0.15, -0.1) is 0 Å². The highest BCUT2D eigenvalue weighted by atomic mass is 16.5.